The molecule has 2 aromatic carbocycles. The van der Waals surface area contributed by atoms with Gasteiger partial charge in [0.2, 0.25) is 0 Å². The van der Waals surface area contributed by atoms with Crippen LogP contribution in [-0.2, 0) is 14.6 Å². The van der Waals surface area contributed by atoms with E-state index >= 15 is 0 Å². The van der Waals surface area contributed by atoms with Crippen LogP contribution in [0.4, 0.5) is 5.13 Å². The third-order valence-electron chi connectivity index (χ3n) is 5.65. The Kier molecular flexibility index (Phi) is 9.36. The second-order valence-corrected chi connectivity index (χ2v) is 11.8. The molecule has 1 amide bonds. The number of para-hydroxylation sites is 1. The van der Waals surface area contributed by atoms with Gasteiger partial charge in [-0.3, -0.25) is 14.6 Å². The zero-order chi connectivity index (χ0) is 23.4. The number of carbonyl (C=O) groups is 1. The molecule has 0 atom stereocenters. The Morgan fingerprint density at radius 1 is 1.18 bits per heavy atom. The molecule has 184 valence electrons. The van der Waals surface area contributed by atoms with E-state index in [0.717, 1.165) is 28.2 Å². The lowest BCUT2D eigenvalue weighted by atomic mass is 10.2. The van der Waals surface area contributed by atoms with E-state index in [1.165, 1.54) is 23.5 Å². The summed E-state index contributed by atoms with van der Waals surface area (Å²) < 4.78 is 30.8. The Balaban J connectivity index is 0.00000324. The van der Waals surface area contributed by atoms with E-state index in [1.807, 2.05) is 24.5 Å². The molecule has 1 aliphatic rings. The molecule has 2 heterocycles. The molecule has 0 saturated carbocycles. The van der Waals surface area contributed by atoms with E-state index in [0.29, 0.717) is 37.0 Å². The number of thiazole rings is 1. The van der Waals surface area contributed by atoms with Gasteiger partial charge in [0.1, 0.15) is 0 Å². The van der Waals surface area contributed by atoms with Gasteiger partial charge < -0.3 is 4.74 Å². The van der Waals surface area contributed by atoms with Crippen molar-refractivity contribution in [2.24, 2.45) is 0 Å². The van der Waals surface area contributed by atoms with Crippen LogP contribution in [0.25, 0.3) is 10.2 Å². The zero-order valence-electron chi connectivity index (χ0n) is 19.1. The molecule has 7 nitrogen and oxygen atoms in total. The standard InChI is InChI=1S/C23H27N3O4S3.ClH/c1-3-33(28,29)18-9-7-17(8-10-18)22(27)26(12-11-25-13-15-30-16-14-25)23-24-21-19(31-2)5-4-6-20(21)32-23;/h4-10H,3,11-16H2,1-2H3;1H. The van der Waals surface area contributed by atoms with Crippen LogP contribution in [0.5, 0.6) is 0 Å². The Bertz CT molecular complexity index is 1230. The maximum absolute atomic E-state index is 13.6. The minimum Gasteiger partial charge on any atom is -0.379 e. The van der Waals surface area contributed by atoms with Crippen LogP contribution in [0, 0.1) is 0 Å². The molecule has 1 aromatic heterocycles. The number of morpholine rings is 1. The van der Waals surface area contributed by atoms with Crippen LogP contribution in [0.15, 0.2) is 52.3 Å². The highest BCUT2D eigenvalue weighted by atomic mass is 35.5. The first-order chi connectivity index (χ1) is 15.9. The number of sulfone groups is 1. The number of halogens is 1. The number of aromatic nitrogens is 1. The number of anilines is 1. The fourth-order valence-corrected chi connectivity index (χ4v) is 6.20. The smallest absolute Gasteiger partial charge is 0.260 e. The first-order valence-electron chi connectivity index (χ1n) is 10.8. The van der Waals surface area contributed by atoms with Crippen LogP contribution in [-0.4, -0.2) is 75.6 Å². The molecule has 0 radical (unpaired) electrons. The number of hydrogen-bond acceptors (Lipinski definition) is 8. The topological polar surface area (TPSA) is 79.8 Å². The summed E-state index contributed by atoms with van der Waals surface area (Å²) in [6, 6.07) is 12.3. The van der Waals surface area contributed by atoms with Crippen molar-refractivity contribution in [1.29, 1.82) is 0 Å². The van der Waals surface area contributed by atoms with Crippen molar-refractivity contribution < 1.29 is 17.9 Å². The summed E-state index contributed by atoms with van der Waals surface area (Å²) in [7, 11) is -3.32. The van der Waals surface area contributed by atoms with Crippen molar-refractivity contribution in [3.63, 3.8) is 0 Å². The van der Waals surface area contributed by atoms with Gasteiger partial charge in [-0.1, -0.05) is 24.3 Å². The van der Waals surface area contributed by atoms with Crippen LogP contribution in [0.2, 0.25) is 0 Å². The normalized spacial score (nSPS) is 14.6. The van der Waals surface area contributed by atoms with Crippen molar-refractivity contribution in [3.05, 3.63) is 48.0 Å². The van der Waals surface area contributed by atoms with E-state index < -0.39 is 9.84 Å². The molecular weight excluding hydrogens is 514 g/mol. The van der Waals surface area contributed by atoms with E-state index in [4.69, 9.17) is 9.72 Å². The zero-order valence-corrected chi connectivity index (χ0v) is 22.4. The van der Waals surface area contributed by atoms with Gasteiger partial charge in [0.25, 0.3) is 5.91 Å². The van der Waals surface area contributed by atoms with Crippen LogP contribution >= 0.6 is 35.5 Å². The summed E-state index contributed by atoms with van der Waals surface area (Å²) in [6.45, 7) is 5.87. The molecule has 0 N–H and O–H groups in total. The molecule has 0 bridgehead atoms. The van der Waals surface area contributed by atoms with E-state index in [1.54, 1.807) is 35.7 Å². The molecule has 1 saturated heterocycles. The highest BCUT2D eigenvalue weighted by Crippen LogP contribution is 2.34. The Labute approximate surface area is 214 Å². The predicted octanol–water partition coefficient (Wildman–Crippen LogP) is 4.21. The van der Waals surface area contributed by atoms with Crippen molar-refractivity contribution in [2.45, 2.75) is 16.7 Å². The lowest BCUT2D eigenvalue weighted by Gasteiger charge is -2.29. The summed E-state index contributed by atoms with van der Waals surface area (Å²) in [6.07, 6.45) is 2.01. The minimum absolute atomic E-state index is 0. The highest BCUT2D eigenvalue weighted by molar-refractivity contribution is 7.98. The largest absolute Gasteiger partial charge is 0.379 e. The number of thioether (sulfide) groups is 1. The first-order valence-corrected chi connectivity index (χ1v) is 14.5. The first kappa shape index (κ1) is 26.9. The van der Waals surface area contributed by atoms with Gasteiger partial charge in [-0.2, -0.15) is 0 Å². The number of amides is 1. The summed E-state index contributed by atoms with van der Waals surface area (Å²) in [5.74, 6) is -0.163. The van der Waals surface area contributed by atoms with Gasteiger partial charge in [0.15, 0.2) is 15.0 Å². The minimum atomic E-state index is -3.32. The van der Waals surface area contributed by atoms with E-state index in [-0.39, 0.29) is 29.0 Å². The molecule has 1 aliphatic heterocycles. The average Bonchev–Trinajstić information content (AvgIpc) is 3.29. The second-order valence-electron chi connectivity index (χ2n) is 7.64. The lowest BCUT2D eigenvalue weighted by Crippen LogP contribution is -2.43. The quantitative estimate of drug-likeness (QED) is 0.395. The molecular formula is C23H28ClN3O4S3. The molecule has 0 unspecified atom stereocenters. The molecule has 1 fully saturated rings. The Morgan fingerprint density at radius 3 is 2.53 bits per heavy atom. The number of ether oxygens (including phenoxy) is 1. The molecule has 3 aromatic rings. The third kappa shape index (κ3) is 5.92. The van der Waals surface area contributed by atoms with Gasteiger partial charge in [0.05, 0.1) is 34.1 Å². The lowest BCUT2D eigenvalue weighted by molar-refractivity contribution is 0.0391. The molecule has 0 spiro atoms. The molecule has 4 rings (SSSR count). The maximum Gasteiger partial charge on any atom is 0.260 e. The van der Waals surface area contributed by atoms with Crippen molar-refractivity contribution in [2.75, 3.05) is 56.3 Å². The number of fused-ring (bicyclic) bond motifs is 1. The molecule has 11 heteroatoms. The molecule has 0 aliphatic carbocycles. The van der Waals surface area contributed by atoms with Gasteiger partial charge in [-0.25, -0.2) is 13.4 Å². The van der Waals surface area contributed by atoms with Crippen LogP contribution in [0.3, 0.4) is 0 Å². The number of carbonyl (C=O) groups excluding carboxylic acids is 1. The van der Waals surface area contributed by atoms with Crippen molar-refractivity contribution >= 4 is 66.6 Å². The predicted molar refractivity (Wildman–Crippen MR) is 142 cm³/mol. The Morgan fingerprint density at radius 2 is 1.88 bits per heavy atom. The van der Waals surface area contributed by atoms with Gasteiger partial charge in [0, 0.05) is 36.6 Å². The SMILES string of the molecule is CCS(=O)(=O)c1ccc(C(=O)N(CCN2CCOCC2)c2nc3c(SC)cccc3s2)cc1.Cl. The van der Waals surface area contributed by atoms with E-state index in [9.17, 15) is 13.2 Å². The van der Waals surface area contributed by atoms with Gasteiger partial charge in [-0.05, 0) is 42.7 Å². The summed E-state index contributed by atoms with van der Waals surface area (Å²) >= 11 is 3.13. The summed E-state index contributed by atoms with van der Waals surface area (Å²) in [4.78, 5) is 23.7. The third-order valence-corrected chi connectivity index (χ3v) is 9.21. The fourth-order valence-electron chi connectivity index (χ4n) is 3.67. The monoisotopic (exact) mass is 541 g/mol. The van der Waals surface area contributed by atoms with Crippen LogP contribution in [0.1, 0.15) is 17.3 Å². The maximum atomic E-state index is 13.6. The highest BCUT2D eigenvalue weighted by Gasteiger charge is 2.24. The van der Waals surface area contributed by atoms with Gasteiger partial charge in [-0.15, -0.1) is 24.2 Å². The average molecular weight is 542 g/mol. The number of rotatable bonds is 8. The number of nitrogens with zero attached hydrogens (tertiary/aromatic N) is 3. The number of hydrogen-bond donors (Lipinski definition) is 0. The Hall–Kier alpha value is -1.69. The van der Waals surface area contributed by atoms with Crippen molar-refractivity contribution in [3.8, 4) is 0 Å². The molecule has 34 heavy (non-hydrogen) atoms. The summed E-state index contributed by atoms with van der Waals surface area (Å²) in [5.41, 5.74) is 1.34. The van der Waals surface area contributed by atoms with Crippen molar-refractivity contribution in [1.82, 2.24) is 9.88 Å². The van der Waals surface area contributed by atoms with Crippen LogP contribution < -0.4 is 4.90 Å². The number of benzene rings is 2. The fraction of sp³-hybridized carbons (Fsp3) is 0.391. The second kappa shape index (κ2) is 11.8. The van der Waals surface area contributed by atoms with Gasteiger partial charge >= 0.3 is 0 Å². The van der Waals surface area contributed by atoms with E-state index in [2.05, 4.69) is 4.90 Å². The summed E-state index contributed by atoms with van der Waals surface area (Å²) in [5, 5.41) is 0.648.